The van der Waals surface area contributed by atoms with Crippen LogP contribution in [0.4, 0.5) is 0 Å². The number of nitrogens with one attached hydrogen (secondary N) is 1. The van der Waals surface area contributed by atoms with Crippen LogP contribution in [0, 0.1) is 6.92 Å². The van der Waals surface area contributed by atoms with Crippen LogP contribution in [-0.4, -0.2) is 6.54 Å². The van der Waals surface area contributed by atoms with E-state index in [0.717, 1.165) is 35.3 Å². The maximum Gasteiger partial charge on any atom is 0.148 e. The van der Waals surface area contributed by atoms with Crippen LogP contribution < -0.4 is 5.32 Å². The molecule has 1 aromatic heterocycles. The molecular formula is C13H16BrNO. The minimum Gasteiger partial charge on any atom is -0.458 e. The fourth-order valence-electron chi connectivity index (χ4n) is 1.81. The van der Waals surface area contributed by atoms with Gasteiger partial charge < -0.3 is 9.73 Å². The van der Waals surface area contributed by atoms with Crippen molar-refractivity contribution < 1.29 is 4.42 Å². The largest absolute Gasteiger partial charge is 0.458 e. The molecule has 2 nitrogen and oxygen atoms in total. The zero-order chi connectivity index (χ0) is 11.5. The predicted octanol–water partition coefficient (Wildman–Crippen LogP) is 4.00. The average Bonchev–Trinajstić information content (AvgIpc) is 2.59. The molecule has 0 spiro atoms. The molecule has 0 fully saturated rings. The topological polar surface area (TPSA) is 25.2 Å². The first-order valence-electron chi connectivity index (χ1n) is 5.61. The van der Waals surface area contributed by atoms with E-state index in [0.29, 0.717) is 0 Å². The Labute approximate surface area is 104 Å². The van der Waals surface area contributed by atoms with Gasteiger partial charge in [0.1, 0.15) is 11.3 Å². The fourth-order valence-corrected chi connectivity index (χ4v) is 2.25. The van der Waals surface area contributed by atoms with Crippen molar-refractivity contribution in [2.75, 3.05) is 6.54 Å². The number of fused-ring (bicyclic) bond motifs is 1. The summed E-state index contributed by atoms with van der Waals surface area (Å²) in [5.41, 5.74) is 2.19. The molecule has 16 heavy (non-hydrogen) atoms. The Morgan fingerprint density at radius 2 is 2.19 bits per heavy atom. The molecule has 2 aromatic rings. The van der Waals surface area contributed by atoms with E-state index in [4.69, 9.17) is 4.42 Å². The summed E-state index contributed by atoms with van der Waals surface area (Å²) in [7, 11) is 0. The summed E-state index contributed by atoms with van der Waals surface area (Å²) < 4.78 is 6.89. The molecule has 0 atom stereocenters. The lowest BCUT2D eigenvalue weighted by Gasteiger charge is -2.00. The first-order valence-corrected chi connectivity index (χ1v) is 6.40. The second-order valence-electron chi connectivity index (χ2n) is 3.94. The first kappa shape index (κ1) is 11.7. The standard InChI is InChI=1S/C13H16BrNO/c1-3-7-15-8-12-9(2)10-5-4-6-11(14)13(10)16-12/h4-6,15H,3,7-8H2,1-2H3. The smallest absolute Gasteiger partial charge is 0.148 e. The Morgan fingerprint density at radius 1 is 1.38 bits per heavy atom. The third-order valence-electron chi connectivity index (χ3n) is 2.73. The molecule has 0 saturated carbocycles. The normalized spacial score (nSPS) is 11.2. The van der Waals surface area contributed by atoms with E-state index in [1.165, 1.54) is 10.9 Å². The maximum absolute atomic E-state index is 5.87. The van der Waals surface area contributed by atoms with Gasteiger partial charge in [0, 0.05) is 5.39 Å². The average molecular weight is 282 g/mol. The van der Waals surface area contributed by atoms with E-state index < -0.39 is 0 Å². The van der Waals surface area contributed by atoms with Crippen LogP contribution in [0.1, 0.15) is 24.7 Å². The Bertz CT molecular complexity index is 490. The van der Waals surface area contributed by atoms with Crippen molar-refractivity contribution in [3.63, 3.8) is 0 Å². The van der Waals surface area contributed by atoms with Gasteiger partial charge in [-0.1, -0.05) is 19.1 Å². The zero-order valence-electron chi connectivity index (χ0n) is 9.64. The lowest BCUT2D eigenvalue weighted by atomic mass is 10.1. The molecule has 86 valence electrons. The number of para-hydroxylation sites is 1. The van der Waals surface area contributed by atoms with E-state index >= 15 is 0 Å². The highest BCUT2D eigenvalue weighted by atomic mass is 79.9. The SMILES string of the molecule is CCCNCc1oc2c(Br)cccc2c1C. The monoisotopic (exact) mass is 281 g/mol. The molecule has 0 bridgehead atoms. The van der Waals surface area contributed by atoms with Crippen molar-refractivity contribution in [2.45, 2.75) is 26.8 Å². The minimum atomic E-state index is 0.806. The van der Waals surface area contributed by atoms with Gasteiger partial charge in [-0.05, 0) is 47.4 Å². The maximum atomic E-state index is 5.87. The van der Waals surface area contributed by atoms with Gasteiger partial charge >= 0.3 is 0 Å². The Balaban J connectivity index is 2.33. The van der Waals surface area contributed by atoms with Crippen LogP contribution in [0.25, 0.3) is 11.0 Å². The third-order valence-corrected chi connectivity index (χ3v) is 3.35. The highest BCUT2D eigenvalue weighted by Gasteiger charge is 2.11. The predicted molar refractivity (Wildman–Crippen MR) is 70.6 cm³/mol. The van der Waals surface area contributed by atoms with E-state index in [1.807, 2.05) is 12.1 Å². The van der Waals surface area contributed by atoms with Gasteiger partial charge in [-0.3, -0.25) is 0 Å². The molecular weight excluding hydrogens is 266 g/mol. The molecule has 3 heteroatoms. The first-order chi connectivity index (χ1) is 7.74. The van der Waals surface area contributed by atoms with Gasteiger partial charge in [-0.15, -0.1) is 0 Å². The summed E-state index contributed by atoms with van der Waals surface area (Å²) >= 11 is 3.51. The van der Waals surface area contributed by atoms with Gasteiger partial charge in [0.05, 0.1) is 11.0 Å². The summed E-state index contributed by atoms with van der Waals surface area (Å²) in [6, 6.07) is 6.15. The molecule has 0 amide bonds. The lowest BCUT2D eigenvalue weighted by Crippen LogP contribution is -2.13. The number of rotatable bonds is 4. The van der Waals surface area contributed by atoms with Crippen molar-refractivity contribution in [1.29, 1.82) is 0 Å². The van der Waals surface area contributed by atoms with E-state index in [9.17, 15) is 0 Å². The van der Waals surface area contributed by atoms with Crippen LogP contribution in [0.5, 0.6) is 0 Å². The van der Waals surface area contributed by atoms with Crippen LogP contribution in [0.2, 0.25) is 0 Å². The van der Waals surface area contributed by atoms with Crippen LogP contribution in [-0.2, 0) is 6.54 Å². The van der Waals surface area contributed by atoms with E-state index in [-0.39, 0.29) is 0 Å². The van der Waals surface area contributed by atoms with Crippen molar-refractivity contribution >= 4 is 26.9 Å². The number of benzene rings is 1. The summed E-state index contributed by atoms with van der Waals surface area (Å²) in [6.45, 7) is 6.11. The molecule has 1 N–H and O–H groups in total. The minimum absolute atomic E-state index is 0.806. The highest BCUT2D eigenvalue weighted by molar-refractivity contribution is 9.10. The van der Waals surface area contributed by atoms with Gasteiger partial charge in [0.2, 0.25) is 0 Å². The summed E-state index contributed by atoms with van der Waals surface area (Å²) in [4.78, 5) is 0. The molecule has 0 unspecified atom stereocenters. The van der Waals surface area contributed by atoms with Gasteiger partial charge in [0.15, 0.2) is 0 Å². The number of halogens is 1. The molecule has 2 rings (SSSR count). The third kappa shape index (κ3) is 2.15. The molecule has 1 heterocycles. The lowest BCUT2D eigenvalue weighted by molar-refractivity contribution is 0.509. The Hall–Kier alpha value is -0.800. The molecule has 0 aliphatic carbocycles. The van der Waals surface area contributed by atoms with Crippen molar-refractivity contribution in [1.82, 2.24) is 5.32 Å². The molecule has 0 saturated heterocycles. The molecule has 0 radical (unpaired) electrons. The second kappa shape index (κ2) is 5.02. The fraction of sp³-hybridized carbons (Fsp3) is 0.385. The second-order valence-corrected chi connectivity index (χ2v) is 4.80. The highest BCUT2D eigenvalue weighted by Crippen LogP contribution is 2.30. The van der Waals surface area contributed by atoms with Crippen LogP contribution >= 0.6 is 15.9 Å². The summed E-state index contributed by atoms with van der Waals surface area (Å²) in [5, 5.41) is 4.56. The van der Waals surface area contributed by atoms with Crippen molar-refractivity contribution in [2.24, 2.45) is 0 Å². The molecule has 0 aliphatic heterocycles. The number of hydrogen-bond donors (Lipinski definition) is 1. The van der Waals surface area contributed by atoms with Crippen molar-refractivity contribution in [3.8, 4) is 0 Å². The number of furan rings is 1. The molecule has 0 aliphatic rings. The molecule has 1 aromatic carbocycles. The number of hydrogen-bond acceptors (Lipinski definition) is 2. The van der Waals surface area contributed by atoms with Crippen LogP contribution in [0.15, 0.2) is 27.1 Å². The summed E-state index contributed by atoms with van der Waals surface area (Å²) in [6.07, 6.45) is 1.14. The summed E-state index contributed by atoms with van der Waals surface area (Å²) in [5.74, 6) is 1.04. The van der Waals surface area contributed by atoms with E-state index in [2.05, 4.69) is 41.2 Å². The van der Waals surface area contributed by atoms with Gasteiger partial charge in [-0.25, -0.2) is 0 Å². The quantitative estimate of drug-likeness (QED) is 0.857. The Morgan fingerprint density at radius 3 is 2.88 bits per heavy atom. The van der Waals surface area contributed by atoms with Crippen molar-refractivity contribution in [3.05, 3.63) is 34.0 Å². The van der Waals surface area contributed by atoms with Crippen LogP contribution in [0.3, 0.4) is 0 Å². The number of aryl methyl sites for hydroxylation is 1. The van der Waals surface area contributed by atoms with Gasteiger partial charge in [0.25, 0.3) is 0 Å². The Kier molecular flexibility index (Phi) is 3.66. The zero-order valence-corrected chi connectivity index (χ0v) is 11.2. The van der Waals surface area contributed by atoms with E-state index in [1.54, 1.807) is 0 Å². The van der Waals surface area contributed by atoms with Gasteiger partial charge in [-0.2, -0.15) is 0 Å².